The number of thiophene rings is 1. The molecule has 4 aromatic heterocycles. The molecule has 4 nitrogen and oxygen atoms in total. The second kappa shape index (κ2) is 8.51. The fourth-order valence-corrected chi connectivity index (χ4v) is 7.86. The average molecular weight is 568 g/mol. The molecule has 0 aliphatic heterocycles. The van der Waals surface area contributed by atoms with E-state index >= 15 is 0 Å². The number of benzene rings is 6. The number of hydrogen-bond donors (Lipinski definition) is 0. The summed E-state index contributed by atoms with van der Waals surface area (Å²) >= 11 is 1.80. The molecule has 43 heavy (non-hydrogen) atoms. The standard InChI is InChI=1S/C38H21N3OS/c1-2-11-23-21-30-28(20-22(23)10-1)24-12-3-6-16-29(24)41(30)37-35-25-13-4-7-17-31(25)42-38(35)40-36(39-37)27-15-9-19-33-34(27)26-14-5-8-18-32(26)43-33/h1-21H. The Hall–Kier alpha value is -5.52. The van der Waals surface area contributed by atoms with E-state index in [0.717, 1.165) is 38.8 Å². The zero-order chi connectivity index (χ0) is 28.1. The van der Waals surface area contributed by atoms with Crippen molar-refractivity contribution in [1.82, 2.24) is 14.5 Å². The Kier molecular flexibility index (Phi) is 4.57. The smallest absolute Gasteiger partial charge is 0.233 e. The van der Waals surface area contributed by atoms with Gasteiger partial charge in [0, 0.05) is 41.9 Å². The number of furan rings is 1. The van der Waals surface area contributed by atoms with E-state index in [2.05, 4.69) is 114 Å². The van der Waals surface area contributed by atoms with Gasteiger partial charge >= 0.3 is 0 Å². The maximum absolute atomic E-state index is 6.47. The van der Waals surface area contributed by atoms with Crippen LogP contribution in [0.1, 0.15) is 0 Å². The molecular weight excluding hydrogens is 547 g/mol. The molecule has 0 spiro atoms. The van der Waals surface area contributed by atoms with Gasteiger partial charge in [-0.05, 0) is 47.2 Å². The Morgan fingerprint density at radius 2 is 1.26 bits per heavy atom. The highest BCUT2D eigenvalue weighted by Crippen LogP contribution is 2.42. The Morgan fingerprint density at radius 3 is 2.16 bits per heavy atom. The number of nitrogens with zero attached hydrogens (tertiary/aromatic N) is 3. The molecule has 0 saturated carbocycles. The van der Waals surface area contributed by atoms with Gasteiger partial charge < -0.3 is 4.42 Å². The second-order valence-corrected chi connectivity index (χ2v) is 12.1. The minimum Gasteiger partial charge on any atom is -0.437 e. The van der Waals surface area contributed by atoms with Crippen LogP contribution in [0.25, 0.3) is 92.0 Å². The summed E-state index contributed by atoms with van der Waals surface area (Å²) in [6.07, 6.45) is 0. The van der Waals surface area contributed by atoms with Crippen LogP contribution < -0.4 is 0 Å². The molecule has 0 aliphatic rings. The van der Waals surface area contributed by atoms with Crippen LogP contribution in [-0.2, 0) is 0 Å². The summed E-state index contributed by atoms with van der Waals surface area (Å²) in [5.41, 5.74) is 4.60. The van der Waals surface area contributed by atoms with Crippen LogP contribution in [-0.4, -0.2) is 14.5 Å². The highest BCUT2D eigenvalue weighted by molar-refractivity contribution is 7.25. The third kappa shape index (κ3) is 3.20. The van der Waals surface area contributed by atoms with Crippen molar-refractivity contribution in [1.29, 1.82) is 0 Å². The quantitative estimate of drug-likeness (QED) is 0.209. The lowest BCUT2D eigenvalue weighted by Gasteiger charge is -2.11. The topological polar surface area (TPSA) is 43.9 Å². The van der Waals surface area contributed by atoms with E-state index < -0.39 is 0 Å². The van der Waals surface area contributed by atoms with E-state index in [0.29, 0.717) is 11.5 Å². The number of rotatable bonds is 2. The first-order valence-corrected chi connectivity index (χ1v) is 15.2. The molecule has 10 rings (SSSR count). The Morgan fingerprint density at radius 1 is 0.535 bits per heavy atom. The average Bonchev–Trinajstić information content (AvgIpc) is 3.72. The zero-order valence-electron chi connectivity index (χ0n) is 22.8. The van der Waals surface area contributed by atoms with Crippen molar-refractivity contribution in [2.75, 3.05) is 0 Å². The zero-order valence-corrected chi connectivity index (χ0v) is 23.6. The highest BCUT2D eigenvalue weighted by atomic mass is 32.1. The molecule has 0 aliphatic carbocycles. The van der Waals surface area contributed by atoms with Gasteiger partial charge in [0.25, 0.3) is 0 Å². The number of fused-ring (bicyclic) bond motifs is 10. The lowest BCUT2D eigenvalue weighted by Crippen LogP contribution is -2.02. The largest absolute Gasteiger partial charge is 0.437 e. The van der Waals surface area contributed by atoms with Crippen LogP contribution in [0.4, 0.5) is 0 Å². The number of aromatic nitrogens is 3. The summed E-state index contributed by atoms with van der Waals surface area (Å²) in [6, 6.07) is 44.9. The van der Waals surface area contributed by atoms with Gasteiger partial charge in [-0.2, -0.15) is 4.98 Å². The van der Waals surface area contributed by atoms with Crippen molar-refractivity contribution >= 4 is 86.2 Å². The van der Waals surface area contributed by atoms with Gasteiger partial charge in [0.1, 0.15) is 5.58 Å². The van der Waals surface area contributed by atoms with Gasteiger partial charge in [-0.15, -0.1) is 11.3 Å². The van der Waals surface area contributed by atoms with Crippen LogP contribution in [0.15, 0.2) is 132 Å². The first-order chi connectivity index (χ1) is 21.3. The molecule has 0 saturated heterocycles. The van der Waals surface area contributed by atoms with Crippen molar-refractivity contribution in [2.24, 2.45) is 0 Å². The van der Waals surface area contributed by atoms with E-state index in [1.54, 1.807) is 11.3 Å². The molecule has 5 heteroatoms. The van der Waals surface area contributed by atoms with Gasteiger partial charge in [0.05, 0.1) is 16.4 Å². The maximum Gasteiger partial charge on any atom is 0.233 e. The molecule has 0 unspecified atom stereocenters. The van der Waals surface area contributed by atoms with Crippen molar-refractivity contribution < 1.29 is 4.42 Å². The lowest BCUT2D eigenvalue weighted by molar-refractivity contribution is 0.653. The van der Waals surface area contributed by atoms with Crippen molar-refractivity contribution in [3.8, 4) is 17.2 Å². The first kappa shape index (κ1) is 23.1. The molecular formula is C38H21N3OS. The molecule has 0 atom stereocenters. The van der Waals surface area contributed by atoms with Crippen molar-refractivity contribution in [3.05, 3.63) is 127 Å². The summed E-state index contributed by atoms with van der Waals surface area (Å²) in [5.74, 6) is 1.48. The van der Waals surface area contributed by atoms with Crippen LogP contribution in [0, 0.1) is 0 Å². The monoisotopic (exact) mass is 567 g/mol. The summed E-state index contributed by atoms with van der Waals surface area (Å²) < 4.78 is 11.2. The molecule has 0 radical (unpaired) electrons. The van der Waals surface area contributed by atoms with E-state index in [-0.39, 0.29) is 0 Å². The van der Waals surface area contributed by atoms with Crippen molar-refractivity contribution in [3.63, 3.8) is 0 Å². The third-order valence-corrected chi connectivity index (χ3v) is 9.75. The molecule has 0 fully saturated rings. The summed E-state index contributed by atoms with van der Waals surface area (Å²) in [6.45, 7) is 0. The van der Waals surface area contributed by atoms with E-state index in [1.165, 1.54) is 41.7 Å². The van der Waals surface area contributed by atoms with Crippen LogP contribution in [0.3, 0.4) is 0 Å². The Labute approximate surface area is 249 Å². The van der Waals surface area contributed by atoms with E-state index in [9.17, 15) is 0 Å². The molecule has 200 valence electrons. The van der Waals surface area contributed by atoms with E-state index in [4.69, 9.17) is 14.4 Å². The maximum atomic E-state index is 6.47. The minimum atomic E-state index is 0.587. The molecule has 0 bridgehead atoms. The van der Waals surface area contributed by atoms with Crippen LogP contribution >= 0.6 is 11.3 Å². The number of hydrogen-bond acceptors (Lipinski definition) is 4. The first-order valence-electron chi connectivity index (χ1n) is 14.3. The predicted molar refractivity (Wildman–Crippen MR) is 179 cm³/mol. The van der Waals surface area contributed by atoms with Gasteiger partial charge in [0.15, 0.2) is 11.6 Å². The molecule has 4 heterocycles. The highest BCUT2D eigenvalue weighted by Gasteiger charge is 2.23. The molecule has 10 aromatic rings. The second-order valence-electron chi connectivity index (χ2n) is 11.0. The Balaban J connectivity index is 1.40. The number of para-hydroxylation sites is 2. The normalized spacial score (nSPS) is 12.2. The SMILES string of the molecule is c1ccc2cc3c(cc2c1)c1ccccc1n3-c1nc(-c2cccc3sc4ccccc4c23)nc2oc3ccccc3c12. The molecule has 0 N–H and O–H groups in total. The summed E-state index contributed by atoms with van der Waals surface area (Å²) in [5, 5.41) is 9.11. The molecule has 0 amide bonds. The van der Waals surface area contributed by atoms with Crippen molar-refractivity contribution in [2.45, 2.75) is 0 Å². The lowest BCUT2D eigenvalue weighted by atomic mass is 10.1. The fraction of sp³-hybridized carbons (Fsp3) is 0. The predicted octanol–water partition coefficient (Wildman–Crippen LogP) is 10.7. The van der Waals surface area contributed by atoms with Crippen LogP contribution in [0.2, 0.25) is 0 Å². The van der Waals surface area contributed by atoms with Gasteiger partial charge in [-0.25, -0.2) is 4.98 Å². The van der Waals surface area contributed by atoms with E-state index in [1.807, 2.05) is 18.2 Å². The molecule has 6 aromatic carbocycles. The summed E-state index contributed by atoms with van der Waals surface area (Å²) in [4.78, 5) is 10.6. The Bertz CT molecular complexity index is 2750. The van der Waals surface area contributed by atoms with Crippen LogP contribution in [0.5, 0.6) is 0 Å². The fourth-order valence-electron chi connectivity index (χ4n) is 6.73. The van der Waals surface area contributed by atoms with Gasteiger partial charge in [-0.1, -0.05) is 91.0 Å². The van der Waals surface area contributed by atoms with Gasteiger partial charge in [-0.3, -0.25) is 4.57 Å². The summed E-state index contributed by atoms with van der Waals surface area (Å²) in [7, 11) is 0. The van der Waals surface area contributed by atoms with Gasteiger partial charge in [0.2, 0.25) is 5.71 Å². The minimum absolute atomic E-state index is 0.587. The third-order valence-electron chi connectivity index (χ3n) is 8.62.